The second-order valence-electron chi connectivity index (χ2n) is 4.36. The van der Waals surface area contributed by atoms with Gasteiger partial charge in [0.25, 0.3) is 10.0 Å². The third kappa shape index (κ3) is 4.08. The number of benzene rings is 2. The third-order valence-electron chi connectivity index (χ3n) is 2.75. The fourth-order valence-electron chi connectivity index (χ4n) is 1.74. The van der Waals surface area contributed by atoms with E-state index in [-0.39, 0.29) is 11.5 Å². The Bertz CT molecular complexity index is 772. The lowest BCUT2D eigenvalue weighted by Gasteiger charge is -2.09. The molecule has 0 spiro atoms. The fourth-order valence-corrected chi connectivity index (χ4v) is 3.39. The Hall–Kier alpha value is -1.86. The molecule has 0 heterocycles. The zero-order chi connectivity index (χ0) is 16.2. The molecule has 7 heteroatoms. The standard InChI is InChI=1S/C15H14BrNO4S/c1-2-21-15(18)11-6-8-13(9-7-11)17-22(19,20)14-5-3-4-12(16)10-14/h3-10,17H,2H2,1H3. The number of halogens is 1. The predicted octanol–water partition coefficient (Wildman–Crippen LogP) is 3.43. The Morgan fingerprint density at radius 2 is 1.86 bits per heavy atom. The second-order valence-corrected chi connectivity index (χ2v) is 6.96. The molecule has 0 fully saturated rings. The van der Waals surface area contributed by atoms with Gasteiger partial charge in [0.15, 0.2) is 0 Å². The van der Waals surface area contributed by atoms with Crippen molar-refractivity contribution in [1.29, 1.82) is 0 Å². The van der Waals surface area contributed by atoms with Gasteiger partial charge in [0.2, 0.25) is 0 Å². The highest BCUT2D eigenvalue weighted by Gasteiger charge is 2.15. The predicted molar refractivity (Wildman–Crippen MR) is 87.3 cm³/mol. The summed E-state index contributed by atoms with van der Waals surface area (Å²) >= 11 is 3.24. The number of nitrogens with one attached hydrogen (secondary N) is 1. The van der Waals surface area contributed by atoms with E-state index in [1.807, 2.05) is 0 Å². The number of carbonyl (C=O) groups excluding carboxylic acids is 1. The van der Waals surface area contributed by atoms with Gasteiger partial charge in [-0.1, -0.05) is 22.0 Å². The van der Waals surface area contributed by atoms with Crippen LogP contribution in [-0.2, 0) is 14.8 Å². The van der Waals surface area contributed by atoms with Crippen molar-refractivity contribution < 1.29 is 17.9 Å². The Morgan fingerprint density at radius 1 is 1.18 bits per heavy atom. The Balaban J connectivity index is 2.18. The van der Waals surface area contributed by atoms with Crippen molar-refractivity contribution in [3.8, 4) is 0 Å². The molecule has 0 bridgehead atoms. The van der Waals surface area contributed by atoms with Gasteiger partial charge in [-0.25, -0.2) is 13.2 Å². The van der Waals surface area contributed by atoms with E-state index in [0.717, 1.165) is 0 Å². The summed E-state index contributed by atoms with van der Waals surface area (Å²) in [6, 6.07) is 12.4. The van der Waals surface area contributed by atoms with Crippen LogP contribution < -0.4 is 4.72 Å². The van der Waals surface area contributed by atoms with Crippen LogP contribution in [0, 0.1) is 0 Å². The molecule has 0 saturated carbocycles. The zero-order valence-corrected chi connectivity index (χ0v) is 14.1. The lowest BCUT2D eigenvalue weighted by atomic mass is 10.2. The molecule has 116 valence electrons. The third-order valence-corrected chi connectivity index (χ3v) is 4.63. The smallest absolute Gasteiger partial charge is 0.338 e. The average Bonchev–Trinajstić information content (AvgIpc) is 2.48. The number of carbonyl (C=O) groups is 1. The molecule has 2 aromatic carbocycles. The first-order chi connectivity index (χ1) is 10.4. The van der Waals surface area contributed by atoms with Gasteiger partial charge in [-0.3, -0.25) is 4.72 Å². The summed E-state index contributed by atoms with van der Waals surface area (Å²) in [5.74, 6) is -0.441. The lowest BCUT2D eigenvalue weighted by Crippen LogP contribution is -2.13. The summed E-state index contributed by atoms with van der Waals surface area (Å²) in [5.41, 5.74) is 0.736. The molecule has 1 N–H and O–H groups in total. The van der Waals surface area contributed by atoms with Gasteiger partial charge in [0.1, 0.15) is 0 Å². The van der Waals surface area contributed by atoms with Crippen LogP contribution in [0.25, 0.3) is 0 Å². The quantitative estimate of drug-likeness (QED) is 0.802. The number of hydrogen-bond donors (Lipinski definition) is 1. The molecule has 0 aromatic heterocycles. The van der Waals surface area contributed by atoms with Crippen molar-refractivity contribution in [2.24, 2.45) is 0 Å². The van der Waals surface area contributed by atoms with Gasteiger partial charge in [-0.05, 0) is 49.4 Å². The van der Waals surface area contributed by atoms with E-state index in [2.05, 4.69) is 20.7 Å². The highest BCUT2D eigenvalue weighted by Crippen LogP contribution is 2.20. The molecule has 0 radical (unpaired) electrons. The molecule has 0 unspecified atom stereocenters. The van der Waals surface area contributed by atoms with Crippen LogP contribution >= 0.6 is 15.9 Å². The largest absolute Gasteiger partial charge is 0.462 e. The molecule has 0 saturated heterocycles. The van der Waals surface area contributed by atoms with Crippen LogP contribution in [0.5, 0.6) is 0 Å². The molecule has 5 nitrogen and oxygen atoms in total. The van der Waals surface area contributed by atoms with Gasteiger partial charge in [-0.2, -0.15) is 0 Å². The summed E-state index contributed by atoms with van der Waals surface area (Å²) in [5, 5.41) is 0. The monoisotopic (exact) mass is 383 g/mol. The highest BCUT2D eigenvalue weighted by atomic mass is 79.9. The van der Waals surface area contributed by atoms with Crippen molar-refractivity contribution >= 4 is 37.6 Å². The van der Waals surface area contributed by atoms with E-state index < -0.39 is 16.0 Å². The Morgan fingerprint density at radius 3 is 2.45 bits per heavy atom. The van der Waals surface area contributed by atoms with E-state index >= 15 is 0 Å². The number of hydrogen-bond acceptors (Lipinski definition) is 4. The molecule has 0 atom stereocenters. The fraction of sp³-hybridized carbons (Fsp3) is 0.133. The van der Waals surface area contributed by atoms with E-state index in [4.69, 9.17) is 4.74 Å². The van der Waals surface area contributed by atoms with Crippen LogP contribution in [0.15, 0.2) is 57.9 Å². The first-order valence-electron chi connectivity index (χ1n) is 6.48. The molecule has 2 rings (SSSR count). The van der Waals surface area contributed by atoms with Crippen LogP contribution in [0.1, 0.15) is 17.3 Å². The van der Waals surface area contributed by atoms with E-state index in [1.165, 1.54) is 36.4 Å². The van der Waals surface area contributed by atoms with Crippen LogP contribution in [0.4, 0.5) is 5.69 Å². The molecular formula is C15H14BrNO4S. The van der Waals surface area contributed by atoms with Crippen LogP contribution in [0.2, 0.25) is 0 Å². The van der Waals surface area contributed by atoms with Crippen molar-refractivity contribution in [1.82, 2.24) is 0 Å². The summed E-state index contributed by atoms with van der Waals surface area (Å²) < 4.78 is 32.5. The Labute approximate surface area is 137 Å². The van der Waals surface area contributed by atoms with E-state index in [1.54, 1.807) is 19.1 Å². The van der Waals surface area contributed by atoms with Gasteiger partial charge in [-0.15, -0.1) is 0 Å². The molecule has 0 amide bonds. The molecule has 0 aliphatic carbocycles. The van der Waals surface area contributed by atoms with Crippen molar-refractivity contribution in [2.75, 3.05) is 11.3 Å². The van der Waals surface area contributed by atoms with Gasteiger partial charge in [0, 0.05) is 10.2 Å². The topological polar surface area (TPSA) is 72.5 Å². The minimum absolute atomic E-state index is 0.149. The van der Waals surface area contributed by atoms with Gasteiger partial charge >= 0.3 is 5.97 Å². The maximum absolute atomic E-state index is 12.3. The number of sulfonamides is 1. The Kier molecular flexibility index (Phi) is 5.20. The number of esters is 1. The average molecular weight is 384 g/mol. The lowest BCUT2D eigenvalue weighted by molar-refractivity contribution is 0.0526. The number of rotatable bonds is 5. The van der Waals surface area contributed by atoms with Crippen molar-refractivity contribution in [2.45, 2.75) is 11.8 Å². The van der Waals surface area contributed by atoms with Gasteiger partial charge in [0.05, 0.1) is 17.1 Å². The maximum atomic E-state index is 12.3. The first-order valence-corrected chi connectivity index (χ1v) is 8.75. The molecular weight excluding hydrogens is 370 g/mol. The summed E-state index contributed by atoms with van der Waals surface area (Å²) in [6.07, 6.45) is 0. The van der Waals surface area contributed by atoms with Crippen molar-refractivity contribution in [3.63, 3.8) is 0 Å². The molecule has 22 heavy (non-hydrogen) atoms. The van der Waals surface area contributed by atoms with Crippen LogP contribution in [-0.4, -0.2) is 21.0 Å². The SMILES string of the molecule is CCOC(=O)c1ccc(NS(=O)(=O)c2cccc(Br)c2)cc1. The van der Waals surface area contributed by atoms with Crippen LogP contribution in [0.3, 0.4) is 0 Å². The molecule has 2 aromatic rings. The number of anilines is 1. The molecule has 0 aliphatic heterocycles. The summed E-state index contributed by atoms with van der Waals surface area (Å²) in [4.78, 5) is 11.7. The molecule has 0 aliphatic rings. The van der Waals surface area contributed by atoms with Crippen molar-refractivity contribution in [3.05, 3.63) is 58.6 Å². The highest BCUT2D eigenvalue weighted by molar-refractivity contribution is 9.10. The first kappa shape index (κ1) is 16.5. The van der Waals surface area contributed by atoms with Gasteiger partial charge < -0.3 is 4.74 Å². The normalized spacial score (nSPS) is 11.0. The summed E-state index contributed by atoms with van der Waals surface area (Å²) in [6.45, 7) is 2.01. The second kappa shape index (κ2) is 6.93. The summed E-state index contributed by atoms with van der Waals surface area (Å²) in [7, 11) is -3.68. The zero-order valence-electron chi connectivity index (χ0n) is 11.7. The minimum atomic E-state index is -3.68. The minimum Gasteiger partial charge on any atom is -0.462 e. The van der Waals surface area contributed by atoms with E-state index in [9.17, 15) is 13.2 Å². The number of ether oxygens (including phenoxy) is 1. The van der Waals surface area contributed by atoms with E-state index in [0.29, 0.717) is 15.7 Å². The maximum Gasteiger partial charge on any atom is 0.338 e.